The summed E-state index contributed by atoms with van der Waals surface area (Å²) in [5.74, 6) is -1.23. The van der Waals surface area contributed by atoms with Crippen LogP contribution in [-0.4, -0.2) is 30.1 Å². The first-order valence-electron chi connectivity index (χ1n) is 12.9. The molecule has 3 amide bonds. The van der Waals surface area contributed by atoms with Gasteiger partial charge in [-0.3, -0.25) is 14.4 Å². The normalized spacial score (nSPS) is 11.0. The minimum atomic E-state index is -0.686. The summed E-state index contributed by atoms with van der Waals surface area (Å²) in [6, 6.07) is 26.4. The number of rotatable bonds is 11. The Bertz CT molecular complexity index is 1580. The van der Waals surface area contributed by atoms with Crippen molar-refractivity contribution >= 4 is 58.5 Å². The number of ether oxygens (including phenoxy) is 1. The summed E-state index contributed by atoms with van der Waals surface area (Å²) in [6.45, 7) is 2.45. The minimum Gasteiger partial charge on any atom is -0.494 e. The average molecular weight is 604 g/mol. The SMILES string of the molecule is CCOc1ccc(NC(=O)CSc2cccc(NC(=O)/C(=C\c3c(F)cccc3Cl)NC(=O)c3ccccc3)c2)cc1. The summed E-state index contributed by atoms with van der Waals surface area (Å²) in [7, 11) is 0. The van der Waals surface area contributed by atoms with Gasteiger partial charge in [0.05, 0.1) is 17.4 Å². The Kier molecular flexibility index (Phi) is 10.7. The monoisotopic (exact) mass is 603 g/mol. The van der Waals surface area contributed by atoms with Crippen molar-refractivity contribution in [2.75, 3.05) is 23.0 Å². The molecule has 3 N–H and O–H groups in total. The lowest BCUT2D eigenvalue weighted by Gasteiger charge is -2.13. The number of anilines is 2. The molecule has 42 heavy (non-hydrogen) atoms. The van der Waals surface area contributed by atoms with Crippen molar-refractivity contribution < 1.29 is 23.5 Å². The van der Waals surface area contributed by atoms with Gasteiger partial charge < -0.3 is 20.7 Å². The molecule has 0 fully saturated rings. The van der Waals surface area contributed by atoms with E-state index >= 15 is 0 Å². The topological polar surface area (TPSA) is 96.5 Å². The number of amides is 3. The molecule has 4 aromatic carbocycles. The highest BCUT2D eigenvalue weighted by molar-refractivity contribution is 8.00. The average Bonchev–Trinajstić information content (AvgIpc) is 2.99. The van der Waals surface area contributed by atoms with Crippen LogP contribution in [-0.2, 0) is 9.59 Å². The van der Waals surface area contributed by atoms with Crippen molar-refractivity contribution in [1.82, 2.24) is 5.32 Å². The lowest BCUT2D eigenvalue weighted by Crippen LogP contribution is -2.30. The van der Waals surface area contributed by atoms with Gasteiger partial charge >= 0.3 is 0 Å². The molecule has 4 aromatic rings. The fourth-order valence-corrected chi connectivity index (χ4v) is 4.72. The van der Waals surface area contributed by atoms with Gasteiger partial charge in [0.25, 0.3) is 11.8 Å². The summed E-state index contributed by atoms with van der Waals surface area (Å²) in [4.78, 5) is 39.4. The third kappa shape index (κ3) is 8.70. The number of thioether (sulfide) groups is 1. The van der Waals surface area contributed by atoms with Crippen LogP contribution in [0.2, 0.25) is 5.02 Å². The fourth-order valence-electron chi connectivity index (χ4n) is 3.74. The van der Waals surface area contributed by atoms with Crippen molar-refractivity contribution in [3.63, 3.8) is 0 Å². The molecule has 4 rings (SSSR count). The molecule has 0 aromatic heterocycles. The molecular formula is C32H27ClFN3O4S. The smallest absolute Gasteiger partial charge is 0.272 e. The Labute approximate surface area is 252 Å². The Hall–Kier alpha value is -4.60. The van der Waals surface area contributed by atoms with Crippen molar-refractivity contribution in [3.05, 3.63) is 125 Å². The highest BCUT2D eigenvalue weighted by Gasteiger charge is 2.17. The maximum Gasteiger partial charge on any atom is 0.272 e. The van der Waals surface area contributed by atoms with E-state index in [0.717, 1.165) is 10.6 Å². The van der Waals surface area contributed by atoms with Crippen molar-refractivity contribution in [1.29, 1.82) is 0 Å². The summed E-state index contributed by atoms with van der Waals surface area (Å²) in [6.07, 6.45) is 1.19. The van der Waals surface area contributed by atoms with Crippen LogP contribution in [0, 0.1) is 5.82 Å². The van der Waals surface area contributed by atoms with Crippen LogP contribution >= 0.6 is 23.4 Å². The zero-order valence-electron chi connectivity index (χ0n) is 22.5. The Morgan fingerprint density at radius 3 is 2.33 bits per heavy atom. The van der Waals surface area contributed by atoms with Gasteiger partial charge in [-0.1, -0.05) is 41.9 Å². The maximum atomic E-state index is 14.5. The fraction of sp³-hybridized carbons (Fsp3) is 0.0938. The first-order chi connectivity index (χ1) is 20.3. The van der Waals surface area contributed by atoms with Crippen molar-refractivity contribution in [2.24, 2.45) is 0 Å². The number of nitrogens with one attached hydrogen (secondary N) is 3. The first-order valence-corrected chi connectivity index (χ1v) is 14.3. The molecule has 0 saturated carbocycles. The molecule has 0 spiro atoms. The molecule has 0 heterocycles. The summed E-state index contributed by atoms with van der Waals surface area (Å²) in [5.41, 5.74) is 1.13. The maximum absolute atomic E-state index is 14.5. The van der Waals surface area contributed by atoms with Crippen LogP contribution < -0.4 is 20.7 Å². The molecule has 0 bridgehead atoms. The van der Waals surface area contributed by atoms with E-state index < -0.39 is 17.6 Å². The van der Waals surface area contributed by atoms with E-state index in [1.807, 2.05) is 6.92 Å². The molecule has 214 valence electrons. The molecule has 0 aliphatic heterocycles. The number of halogens is 2. The number of carbonyl (C=O) groups excluding carboxylic acids is 3. The van der Waals surface area contributed by atoms with E-state index in [1.165, 1.54) is 36.0 Å². The molecule has 0 aliphatic carbocycles. The molecule has 0 saturated heterocycles. The summed E-state index contributed by atoms with van der Waals surface area (Å²) in [5, 5.41) is 8.20. The van der Waals surface area contributed by atoms with Gasteiger partial charge in [-0.15, -0.1) is 11.8 Å². The highest BCUT2D eigenvalue weighted by Crippen LogP contribution is 2.25. The Balaban J connectivity index is 1.45. The van der Waals surface area contributed by atoms with Crippen molar-refractivity contribution in [3.8, 4) is 5.75 Å². The third-order valence-corrected chi connectivity index (χ3v) is 7.05. The van der Waals surface area contributed by atoms with Gasteiger partial charge in [0.15, 0.2) is 0 Å². The molecule has 0 aliphatic rings. The van der Waals surface area contributed by atoms with E-state index in [4.69, 9.17) is 16.3 Å². The Morgan fingerprint density at radius 1 is 0.881 bits per heavy atom. The predicted molar refractivity (Wildman–Crippen MR) is 165 cm³/mol. The van der Waals surface area contributed by atoms with E-state index in [9.17, 15) is 18.8 Å². The number of hydrogen-bond donors (Lipinski definition) is 3. The van der Waals surface area contributed by atoms with Crippen LogP contribution in [0.25, 0.3) is 6.08 Å². The van der Waals surface area contributed by atoms with Crippen LogP contribution in [0.5, 0.6) is 5.75 Å². The molecule has 0 radical (unpaired) electrons. The zero-order valence-corrected chi connectivity index (χ0v) is 24.1. The highest BCUT2D eigenvalue weighted by atomic mass is 35.5. The summed E-state index contributed by atoms with van der Waals surface area (Å²) >= 11 is 7.46. The van der Waals surface area contributed by atoms with Crippen LogP contribution in [0.1, 0.15) is 22.8 Å². The number of benzene rings is 4. The van der Waals surface area contributed by atoms with Gasteiger partial charge in [0.1, 0.15) is 17.3 Å². The largest absolute Gasteiger partial charge is 0.494 e. The van der Waals surface area contributed by atoms with Gasteiger partial charge in [-0.2, -0.15) is 0 Å². The van der Waals surface area contributed by atoms with Crippen molar-refractivity contribution in [2.45, 2.75) is 11.8 Å². The number of carbonyl (C=O) groups is 3. The quantitative estimate of drug-likeness (QED) is 0.126. The molecule has 0 atom stereocenters. The van der Waals surface area contributed by atoms with E-state index in [1.54, 1.807) is 78.9 Å². The van der Waals surface area contributed by atoms with Gasteiger partial charge in [-0.25, -0.2) is 4.39 Å². The van der Waals surface area contributed by atoms with Crippen LogP contribution in [0.15, 0.2) is 108 Å². The number of hydrogen-bond acceptors (Lipinski definition) is 5. The van der Waals surface area contributed by atoms with E-state index in [0.29, 0.717) is 23.5 Å². The van der Waals surface area contributed by atoms with E-state index in [2.05, 4.69) is 16.0 Å². The third-order valence-electron chi connectivity index (χ3n) is 5.73. The van der Waals surface area contributed by atoms with Gasteiger partial charge in [0, 0.05) is 27.4 Å². The molecule has 7 nitrogen and oxygen atoms in total. The van der Waals surface area contributed by atoms with Gasteiger partial charge in [-0.05, 0) is 79.7 Å². The second-order valence-corrected chi connectivity index (χ2v) is 10.2. The van der Waals surface area contributed by atoms with Gasteiger partial charge in [0.2, 0.25) is 5.91 Å². The lowest BCUT2D eigenvalue weighted by molar-refractivity contribution is -0.114. The van der Waals surface area contributed by atoms with E-state index in [-0.39, 0.29) is 27.9 Å². The Morgan fingerprint density at radius 2 is 1.62 bits per heavy atom. The van der Waals surface area contributed by atoms with Crippen LogP contribution in [0.4, 0.5) is 15.8 Å². The second-order valence-electron chi connectivity index (χ2n) is 8.79. The summed E-state index contributed by atoms with van der Waals surface area (Å²) < 4.78 is 19.9. The predicted octanol–water partition coefficient (Wildman–Crippen LogP) is 7.02. The molecule has 10 heteroatoms. The first kappa shape index (κ1) is 30.4. The second kappa shape index (κ2) is 14.9. The lowest BCUT2D eigenvalue weighted by atomic mass is 10.1. The zero-order chi connectivity index (χ0) is 29.9. The minimum absolute atomic E-state index is 0.0412. The van der Waals surface area contributed by atoms with Crippen LogP contribution in [0.3, 0.4) is 0 Å². The molecule has 0 unspecified atom stereocenters. The standard InChI is InChI=1S/C32H27ClFN3O4S/c1-2-41-24-16-14-22(15-17-24)35-30(38)20-42-25-11-6-10-23(18-25)36-32(40)29(19-26-27(33)12-7-13-28(26)34)37-31(39)21-8-4-3-5-9-21/h3-19H,2,20H2,1H3,(H,35,38)(H,36,40)(H,37,39)/b29-19+. The molecular weight excluding hydrogens is 577 g/mol.